The number of imidazole rings is 1. The Morgan fingerprint density at radius 1 is 1.12 bits per heavy atom. The van der Waals surface area contributed by atoms with Gasteiger partial charge in [-0.2, -0.15) is 0 Å². The van der Waals surface area contributed by atoms with E-state index in [2.05, 4.69) is 60.3 Å². The van der Waals surface area contributed by atoms with Crippen LogP contribution >= 0.6 is 0 Å². The summed E-state index contributed by atoms with van der Waals surface area (Å²) in [5.74, 6) is 1.52. The predicted octanol–water partition coefficient (Wildman–Crippen LogP) is 5.02. The molecule has 6 nitrogen and oxygen atoms in total. The Labute approximate surface area is 196 Å². The van der Waals surface area contributed by atoms with E-state index in [9.17, 15) is 4.79 Å². The number of hydrogen-bond acceptors (Lipinski definition) is 4. The molecule has 1 fully saturated rings. The first kappa shape index (κ1) is 21.7. The Morgan fingerprint density at radius 2 is 1.97 bits per heavy atom. The second-order valence-electron chi connectivity index (χ2n) is 9.66. The lowest BCUT2D eigenvalue weighted by Gasteiger charge is -2.32. The molecular formula is C27H33N5O. The molecule has 2 aliphatic heterocycles. The highest BCUT2D eigenvalue weighted by atomic mass is 16.2. The quantitative estimate of drug-likeness (QED) is 0.568. The predicted molar refractivity (Wildman–Crippen MR) is 132 cm³/mol. The van der Waals surface area contributed by atoms with E-state index in [1.165, 1.54) is 5.69 Å². The lowest BCUT2D eigenvalue weighted by atomic mass is 10.00. The highest BCUT2D eigenvalue weighted by molar-refractivity contribution is 5.95. The fraction of sp³-hybridized carbons (Fsp3) is 0.444. The number of rotatable bonds is 4. The number of carbonyl (C=O) groups excluding carboxylic acids is 1. The van der Waals surface area contributed by atoms with Crippen LogP contribution in [0.3, 0.4) is 0 Å². The third kappa shape index (κ3) is 3.92. The molecule has 1 aromatic carbocycles. The van der Waals surface area contributed by atoms with Crippen molar-refractivity contribution in [2.45, 2.75) is 65.6 Å². The molecule has 0 bridgehead atoms. The molecule has 0 aliphatic carbocycles. The Kier molecular flexibility index (Phi) is 5.69. The summed E-state index contributed by atoms with van der Waals surface area (Å²) in [4.78, 5) is 27.1. The molecular weight excluding hydrogens is 410 g/mol. The zero-order valence-electron chi connectivity index (χ0n) is 20.1. The Hall–Kier alpha value is -3.15. The van der Waals surface area contributed by atoms with Crippen LogP contribution in [0.5, 0.6) is 0 Å². The van der Waals surface area contributed by atoms with Crippen LogP contribution < -0.4 is 4.90 Å². The lowest BCUT2D eigenvalue weighted by Crippen LogP contribution is -2.35. The SMILES string of the molecule is Cc1nc(-c2cccnc2C(C)C)c2n1CCN(c1cccc(C(=O)N3CCC[C@H]3C)c1)C2. The van der Waals surface area contributed by atoms with Gasteiger partial charge in [0.2, 0.25) is 0 Å². The first-order valence-electron chi connectivity index (χ1n) is 12.1. The molecule has 6 heteroatoms. The van der Waals surface area contributed by atoms with Gasteiger partial charge in [0.1, 0.15) is 5.82 Å². The molecule has 1 saturated heterocycles. The molecule has 172 valence electrons. The number of carbonyl (C=O) groups is 1. The van der Waals surface area contributed by atoms with Crippen LogP contribution in [0.2, 0.25) is 0 Å². The number of benzene rings is 1. The van der Waals surface area contributed by atoms with Crippen molar-refractivity contribution in [2.75, 3.05) is 18.0 Å². The smallest absolute Gasteiger partial charge is 0.254 e. The molecule has 0 N–H and O–H groups in total. The lowest BCUT2D eigenvalue weighted by molar-refractivity contribution is 0.0747. The van der Waals surface area contributed by atoms with Crippen LogP contribution in [-0.2, 0) is 13.1 Å². The van der Waals surface area contributed by atoms with Gasteiger partial charge in [-0.1, -0.05) is 19.9 Å². The average molecular weight is 444 g/mol. The molecule has 2 aliphatic rings. The van der Waals surface area contributed by atoms with Crippen molar-refractivity contribution in [3.8, 4) is 11.3 Å². The van der Waals surface area contributed by atoms with E-state index in [4.69, 9.17) is 4.98 Å². The number of fused-ring (bicyclic) bond motifs is 1. The van der Waals surface area contributed by atoms with Crippen molar-refractivity contribution in [3.63, 3.8) is 0 Å². The molecule has 3 aromatic rings. The highest BCUT2D eigenvalue weighted by Gasteiger charge is 2.28. The third-order valence-electron chi connectivity index (χ3n) is 7.11. The van der Waals surface area contributed by atoms with E-state index in [0.717, 1.165) is 73.0 Å². The average Bonchev–Trinajstić information content (AvgIpc) is 3.41. The van der Waals surface area contributed by atoms with E-state index < -0.39 is 0 Å². The Balaban J connectivity index is 1.46. The van der Waals surface area contributed by atoms with E-state index in [0.29, 0.717) is 12.0 Å². The normalized spacial score (nSPS) is 18.2. The summed E-state index contributed by atoms with van der Waals surface area (Å²) >= 11 is 0. The standard InChI is InChI=1S/C27H33N5O/c1-18(2)25-23(11-6-12-28-25)26-24-17-30(14-15-32(24)20(4)29-26)22-10-5-9-21(16-22)27(33)31-13-7-8-19(31)3/h5-6,9-12,16,18-19H,7-8,13-15,17H2,1-4H3/t19-/m1/s1. The third-order valence-corrected chi connectivity index (χ3v) is 7.11. The molecule has 2 aromatic heterocycles. The summed E-state index contributed by atoms with van der Waals surface area (Å²) in [6.07, 6.45) is 4.05. The van der Waals surface area contributed by atoms with Gasteiger partial charge in [0, 0.05) is 48.7 Å². The minimum absolute atomic E-state index is 0.150. The summed E-state index contributed by atoms with van der Waals surface area (Å²) in [7, 11) is 0. The van der Waals surface area contributed by atoms with Crippen molar-refractivity contribution in [3.05, 3.63) is 65.4 Å². The molecule has 5 rings (SSSR count). The van der Waals surface area contributed by atoms with Crippen LogP contribution in [0.1, 0.15) is 67.1 Å². The second-order valence-corrected chi connectivity index (χ2v) is 9.66. The number of likely N-dealkylation sites (tertiary alicyclic amines) is 1. The number of nitrogens with zero attached hydrogens (tertiary/aromatic N) is 5. The summed E-state index contributed by atoms with van der Waals surface area (Å²) < 4.78 is 2.34. The monoisotopic (exact) mass is 443 g/mol. The topological polar surface area (TPSA) is 54.3 Å². The van der Waals surface area contributed by atoms with Crippen LogP contribution in [-0.4, -0.2) is 44.5 Å². The molecule has 1 amide bonds. The fourth-order valence-electron chi connectivity index (χ4n) is 5.30. The van der Waals surface area contributed by atoms with Gasteiger partial charge >= 0.3 is 0 Å². The van der Waals surface area contributed by atoms with Gasteiger partial charge in [-0.05, 0) is 62.9 Å². The molecule has 1 atom stereocenters. The number of amides is 1. The maximum atomic E-state index is 13.1. The van der Waals surface area contributed by atoms with Crippen molar-refractivity contribution in [2.24, 2.45) is 0 Å². The maximum absolute atomic E-state index is 13.1. The van der Waals surface area contributed by atoms with E-state index in [1.807, 2.05) is 29.3 Å². The Morgan fingerprint density at radius 3 is 2.73 bits per heavy atom. The van der Waals surface area contributed by atoms with Crippen molar-refractivity contribution >= 4 is 11.6 Å². The van der Waals surface area contributed by atoms with Crippen LogP contribution in [0.4, 0.5) is 5.69 Å². The fourth-order valence-corrected chi connectivity index (χ4v) is 5.30. The minimum atomic E-state index is 0.150. The maximum Gasteiger partial charge on any atom is 0.254 e. The minimum Gasteiger partial charge on any atom is -0.364 e. The van der Waals surface area contributed by atoms with Crippen molar-refractivity contribution in [1.82, 2.24) is 19.4 Å². The summed E-state index contributed by atoms with van der Waals surface area (Å²) in [5.41, 5.74) is 6.34. The molecule has 4 heterocycles. The number of hydrogen-bond donors (Lipinski definition) is 0. The first-order valence-corrected chi connectivity index (χ1v) is 12.1. The van der Waals surface area contributed by atoms with Gasteiger partial charge in [-0.15, -0.1) is 0 Å². The summed E-state index contributed by atoms with van der Waals surface area (Å²) in [6, 6.07) is 12.6. The number of pyridine rings is 1. The van der Waals surface area contributed by atoms with Crippen molar-refractivity contribution < 1.29 is 4.79 Å². The van der Waals surface area contributed by atoms with E-state index in [-0.39, 0.29) is 5.91 Å². The largest absolute Gasteiger partial charge is 0.364 e. The van der Waals surface area contributed by atoms with Crippen LogP contribution in [0.15, 0.2) is 42.6 Å². The number of aryl methyl sites for hydroxylation is 1. The van der Waals surface area contributed by atoms with Gasteiger partial charge in [0.25, 0.3) is 5.91 Å². The van der Waals surface area contributed by atoms with Gasteiger partial charge in [-0.25, -0.2) is 4.98 Å². The molecule has 0 saturated carbocycles. The van der Waals surface area contributed by atoms with E-state index in [1.54, 1.807) is 0 Å². The van der Waals surface area contributed by atoms with Gasteiger partial charge in [0.15, 0.2) is 0 Å². The molecule has 33 heavy (non-hydrogen) atoms. The van der Waals surface area contributed by atoms with Crippen LogP contribution in [0.25, 0.3) is 11.3 Å². The molecule has 0 unspecified atom stereocenters. The van der Waals surface area contributed by atoms with Gasteiger partial charge in [-0.3, -0.25) is 9.78 Å². The summed E-state index contributed by atoms with van der Waals surface area (Å²) in [5, 5.41) is 0. The van der Waals surface area contributed by atoms with Crippen LogP contribution in [0, 0.1) is 6.92 Å². The zero-order valence-corrected chi connectivity index (χ0v) is 20.1. The summed E-state index contributed by atoms with van der Waals surface area (Å²) in [6.45, 7) is 12.0. The van der Waals surface area contributed by atoms with Crippen molar-refractivity contribution in [1.29, 1.82) is 0 Å². The highest BCUT2D eigenvalue weighted by Crippen LogP contribution is 2.33. The van der Waals surface area contributed by atoms with E-state index >= 15 is 0 Å². The first-order chi connectivity index (χ1) is 15.9. The van der Waals surface area contributed by atoms with Gasteiger partial charge < -0.3 is 14.4 Å². The molecule has 0 spiro atoms. The van der Waals surface area contributed by atoms with Gasteiger partial charge in [0.05, 0.1) is 23.6 Å². The zero-order chi connectivity index (χ0) is 23.1. The molecule has 0 radical (unpaired) electrons. The Bertz CT molecular complexity index is 1180. The second kappa shape index (κ2) is 8.65. The number of anilines is 1. The number of aromatic nitrogens is 3.